The van der Waals surface area contributed by atoms with E-state index in [0.29, 0.717) is 5.75 Å². The van der Waals surface area contributed by atoms with Gasteiger partial charge in [-0.05, 0) is 20.2 Å². The van der Waals surface area contributed by atoms with Crippen LogP contribution in [0, 0.1) is 0 Å². The standard InChI is InChI=1S/C14H24N2O3/c1-15-6-7-16(2)10-11-8-13(18-4)14(19-5)9-12(11)17-3/h8-9,15H,6-7,10H2,1-5H3. The summed E-state index contributed by atoms with van der Waals surface area (Å²) in [6, 6.07) is 3.83. The fourth-order valence-electron chi connectivity index (χ4n) is 1.89. The molecule has 1 aromatic rings. The number of ether oxygens (including phenoxy) is 3. The number of hydrogen-bond donors (Lipinski definition) is 1. The van der Waals surface area contributed by atoms with Crippen molar-refractivity contribution in [2.75, 3.05) is 48.5 Å². The number of methoxy groups -OCH3 is 3. The maximum Gasteiger partial charge on any atom is 0.164 e. The van der Waals surface area contributed by atoms with E-state index >= 15 is 0 Å². The summed E-state index contributed by atoms with van der Waals surface area (Å²) in [7, 11) is 8.95. The summed E-state index contributed by atoms with van der Waals surface area (Å²) < 4.78 is 16.0. The number of nitrogens with zero attached hydrogens (tertiary/aromatic N) is 1. The van der Waals surface area contributed by atoms with E-state index in [2.05, 4.69) is 17.3 Å². The summed E-state index contributed by atoms with van der Waals surface area (Å²) in [4.78, 5) is 2.22. The topological polar surface area (TPSA) is 43.0 Å². The Morgan fingerprint density at radius 1 is 1.00 bits per heavy atom. The molecule has 19 heavy (non-hydrogen) atoms. The van der Waals surface area contributed by atoms with Crippen molar-refractivity contribution in [1.29, 1.82) is 0 Å². The molecule has 0 aromatic heterocycles. The van der Waals surface area contributed by atoms with E-state index in [-0.39, 0.29) is 0 Å². The Bertz CT molecular complexity index is 397. The van der Waals surface area contributed by atoms with Crippen molar-refractivity contribution in [1.82, 2.24) is 10.2 Å². The highest BCUT2D eigenvalue weighted by Crippen LogP contribution is 2.34. The zero-order valence-corrected chi connectivity index (χ0v) is 12.4. The largest absolute Gasteiger partial charge is 0.496 e. The van der Waals surface area contributed by atoms with Crippen molar-refractivity contribution in [3.8, 4) is 17.2 Å². The molecule has 0 radical (unpaired) electrons. The first-order valence-corrected chi connectivity index (χ1v) is 6.28. The molecular weight excluding hydrogens is 244 g/mol. The lowest BCUT2D eigenvalue weighted by Crippen LogP contribution is -2.27. The van der Waals surface area contributed by atoms with Crippen LogP contribution in [0.2, 0.25) is 0 Å². The third-order valence-electron chi connectivity index (χ3n) is 2.97. The van der Waals surface area contributed by atoms with Crippen molar-refractivity contribution >= 4 is 0 Å². The number of rotatable bonds is 8. The first kappa shape index (κ1) is 15.6. The van der Waals surface area contributed by atoms with Crippen LogP contribution in [0.25, 0.3) is 0 Å². The summed E-state index contributed by atoms with van der Waals surface area (Å²) in [5.74, 6) is 2.22. The molecule has 0 spiro atoms. The van der Waals surface area contributed by atoms with Gasteiger partial charge in [-0.2, -0.15) is 0 Å². The van der Waals surface area contributed by atoms with Crippen molar-refractivity contribution in [2.24, 2.45) is 0 Å². The van der Waals surface area contributed by atoms with Crippen LogP contribution in [0.1, 0.15) is 5.56 Å². The minimum Gasteiger partial charge on any atom is -0.496 e. The van der Waals surface area contributed by atoms with E-state index in [0.717, 1.165) is 36.7 Å². The van der Waals surface area contributed by atoms with Gasteiger partial charge in [-0.3, -0.25) is 0 Å². The molecule has 0 saturated carbocycles. The van der Waals surface area contributed by atoms with Gasteiger partial charge in [0.05, 0.1) is 21.3 Å². The Kier molecular flexibility index (Phi) is 6.45. The van der Waals surface area contributed by atoms with Crippen molar-refractivity contribution in [2.45, 2.75) is 6.54 Å². The molecule has 0 unspecified atom stereocenters. The zero-order chi connectivity index (χ0) is 14.3. The number of benzene rings is 1. The van der Waals surface area contributed by atoms with Crippen LogP contribution in [0.15, 0.2) is 12.1 Å². The second kappa shape index (κ2) is 7.86. The molecule has 0 fully saturated rings. The minimum atomic E-state index is 0.681. The Morgan fingerprint density at radius 2 is 1.58 bits per heavy atom. The van der Waals surface area contributed by atoms with Crippen molar-refractivity contribution in [3.05, 3.63) is 17.7 Å². The third kappa shape index (κ3) is 4.29. The van der Waals surface area contributed by atoms with E-state index in [4.69, 9.17) is 14.2 Å². The number of hydrogen-bond acceptors (Lipinski definition) is 5. The van der Waals surface area contributed by atoms with Gasteiger partial charge in [-0.1, -0.05) is 0 Å². The van der Waals surface area contributed by atoms with Crippen LogP contribution in [0.5, 0.6) is 17.2 Å². The quantitative estimate of drug-likeness (QED) is 0.771. The smallest absolute Gasteiger partial charge is 0.164 e. The second-order valence-electron chi connectivity index (χ2n) is 4.36. The van der Waals surface area contributed by atoms with Crippen LogP contribution in [0.3, 0.4) is 0 Å². The molecule has 0 bridgehead atoms. The van der Waals surface area contributed by atoms with Crippen molar-refractivity contribution < 1.29 is 14.2 Å². The highest BCUT2D eigenvalue weighted by molar-refractivity contribution is 5.50. The lowest BCUT2D eigenvalue weighted by atomic mass is 10.1. The molecule has 5 heteroatoms. The molecule has 1 rings (SSSR count). The Hall–Kier alpha value is -1.46. The molecule has 0 saturated heterocycles. The second-order valence-corrected chi connectivity index (χ2v) is 4.36. The average Bonchev–Trinajstić information content (AvgIpc) is 2.44. The summed E-state index contributed by atoms with van der Waals surface area (Å²) in [6.07, 6.45) is 0. The van der Waals surface area contributed by atoms with Crippen LogP contribution in [-0.4, -0.2) is 53.4 Å². The van der Waals surface area contributed by atoms with Gasteiger partial charge in [0.25, 0.3) is 0 Å². The van der Waals surface area contributed by atoms with Gasteiger partial charge in [0.1, 0.15) is 5.75 Å². The van der Waals surface area contributed by atoms with Crippen LogP contribution >= 0.6 is 0 Å². The molecule has 0 aliphatic heterocycles. The van der Waals surface area contributed by atoms with Gasteiger partial charge in [0.15, 0.2) is 11.5 Å². The molecule has 0 heterocycles. The van der Waals surface area contributed by atoms with Gasteiger partial charge in [-0.25, -0.2) is 0 Å². The predicted octanol–water partition coefficient (Wildman–Crippen LogP) is 1.36. The van der Waals surface area contributed by atoms with Gasteiger partial charge >= 0.3 is 0 Å². The molecule has 0 aliphatic rings. The van der Waals surface area contributed by atoms with E-state index in [1.54, 1.807) is 21.3 Å². The molecule has 108 valence electrons. The SMILES string of the molecule is CNCCN(C)Cc1cc(OC)c(OC)cc1OC. The maximum atomic E-state index is 5.41. The van der Waals surface area contributed by atoms with Crippen LogP contribution < -0.4 is 19.5 Å². The molecule has 0 aliphatic carbocycles. The Morgan fingerprint density at radius 3 is 2.11 bits per heavy atom. The normalized spacial score (nSPS) is 10.6. The van der Waals surface area contributed by atoms with Crippen molar-refractivity contribution in [3.63, 3.8) is 0 Å². The lowest BCUT2D eigenvalue weighted by molar-refractivity contribution is 0.313. The van der Waals surface area contributed by atoms with Gasteiger partial charge in [0, 0.05) is 31.3 Å². The monoisotopic (exact) mass is 268 g/mol. The van der Waals surface area contributed by atoms with E-state index < -0.39 is 0 Å². The fourth-order valence-corrected chi connectivity index (χ4v) is 1.89. The molecule has 1 aromatic carbocycles. The first-order valence-electron chi connectivity index (χ1n) is 6.28. The van der Waals surface area contributed by atoms with Crippen LogP contribution in [-0.2, 0) is 6.54 Å². The van der Waals surface area contributed by atoms with E-state index in [1.807, 2.05) is 19.2 Å². The lowest BCUT2D eigenvalue weighted by Gasteiger charge is -2.19. The Labute approximate surface area is 115 Å². The summed E-state index contributed by atoms with van der Waals surface area (Å²) in [6.45, 7) is 2.71. The van der Waals surface area contributed by atoms with Gasteiger partial charge in [-0.15, -0.1) is 0 Å². The van der Waals surface area contributed by atoms with E-state index in [1.165, 1.54) is 0 Å². The molecule has 0 atom stereocenters. The Balaban J connectivity index is 2.92. The highest BCUT2D eigenvalue weighted by atomic mass is 16.5. The average molecular weight is 268 g/mol. The summed E-state index contributed by atoms with van der Waals surface area (Å²) in [5.41, 5.74) is 1.08. The van der Waals surface area contributed by atoms with Crippen LogP contribution in [0.4, 0.5) is 0 Å². The summed E-state index contributed by atoms with van der Waals surface area (Å²) in [5, 5.41) is 3.14. The third-order valence-corrected chi connectivity index (χ3v) is 2.97. The molecule has 0 amide bonds. The molecular formula is C14H24N2O3. The van der Waals surface area contributed by atoms with E-state index in [9.17, 15) is 0 Å². The molecule has 1 N–H and O–H groups in total. The fraction of sp³-hybridized carbons (Fsp3) is 0.571. The number of nitrogens with one attached hydrogen (secondary N) is 1. The first-order chi connectivity index (χ1) is 9.15. The minimum absolute atomic E-state index is 0.681. The zero-order valence-electron chi connectivity index (χ0n) is 12.4. The highest BCUT2D eigenvalue weighted by Gasteiger charge is 2.13. The maximum absolute atomic E-state index is 5.41. The summed E-state index contributed by atoms with van der Waals surface area (Å²) >= 11 is 0. The predicted molar refractivity (Wildman–Crippen MR) is 76.4 cm³/mol. The van der Waals surface area contributed by atoms with Gasteiger partial charge < -0.3 is 24.4 Å². The number of likely N-dealkylation sites (N-methyl/N-ethyl adjacent to an activating group) is 2. The van der Waals surface area contributed by atoms with Gasteiger partial charge in [0.2, 0.25) is 0 Å². The molecule has 5 nitrogen and oxygen atoms in total.